The summed E-state index contributed by atoms with van der Waals surface area (Å²) < 4.78 is 0. The molecule has 0 aromatic rings. The maximum Gasteiger partial charge on any atom is 0.326 e. The Hall–Kier alpha value is -3.75. The Bertz CT molecular complexity index is 832. The fourth-order valence-corrected chi connectivity index (χ4v) is 3.38. The highest BCUT2D eigenvalue weighted by Gasteiger charge is 2.39. The smallest absolute Gasteiger partial charge is 0.326 e. The van der Waals surface area contributed by atoms with Crippen LogP contribution in [-0.4, -0.2) is 92.5 Å². The van der Waals surface area contributed by atoms with Crippen LogP contribution in [0.2, 0.25) is 0 Å². The number of nitrogens with one attached hydrogen (secondary N) is 2. The van der Waals surface area contributed by atoms with E-state index < -0.39 is 85.0 Å². The quantitative estimate of drug-likeness (QED) is 0.129. The molecule has 0 aromatic carbocycles. The number of carboxylic acids is 3. The standard InChI is InChI=1S/C19H29N5O10/c20-9(3-5-13(21)25)16(30)22-10(4-6-14(26)27)17(31)23-11(8-15(28)29)18(32)24-7-1-2-12(24)19(33)34/h9-12H,1-8,20H2,(H2,21,25)(H,22,30)(H,23,31)(H,26,27)(H,28,29)(H,33,34). The summed E-state index contributed by atoms with van der Waals surface area (Å²) in [5, 5.41) is 31.8. The fourth-order valence-electron chi connectivity index (χ4n) is 3.38. The van der Waals surface area contributed by atoms with Gasteiger partial charge in [-0.15, -0.1) is 0 Å². The van der Waals surface area contributed by atoms with E-state index in [1.54, 1.807) is 0 Å². The van der Waals surface area contributed by atoms with Crippen molar-refractivity contribution in [2.45, 2.75) is 69.1 Å². The van der Waals surface area contributed by atoms with Crippen molar-refractivity contribution >= 4 is 41.5 Å². The van der Waals surface area contributed by atoms with Gasteiger partial charge in [-0.25, -0.2) is 4.79 Å². The van der Waals surface area contributed by atoms with Crippen LogP contribution >= 0.6 is 0 Å². The number of nitrogens with zero attached hydrogens (tertiary/aromatic N) is 1. The zero-order chi connectivity index (χ0) is 26.0. The summed E-state index contributed by atoms with van der Waals surface area (Å²) in [6, 6.07) is -5.57. The summed E-state index contributed by atoms with van der Waals surface area (Å²) in [4.78, 5) is 83.4. The van der Waals surface area contributed by atoms with Crippen LogP contribution in [0.4, 0.5) is 0 Å². The van der Waals surface area contributed by atoms with Gasteiger partial charge in [0.2, 0.25) is 23.6 Å². The Morgan fingerprint density at radius 2 is 1.50 bits per heavy atom. The number of carbonyl (C=O) groups is 7. The van der Waals surface area contributed by atoms with Crippen LogP contribution in [0.1, 0.15) is 44.9 Å². The van der Waals surface area contributed by atoms with Gasteiger partial charge in [-0.05, 0) is 25.7 Å². The van der Waals surface area contributed by atoms with E-state index in [1.807, 2.05) is 0 Å². The second kappa shape index (κ2) is 13.1. The molecule has 9 N–H and O–H groups in total. The molecule has 0 saturated carbocycles. The molecule has 4 unspecified atom stereocenters. The number of primary amides is 1. The van der Waals surface area contributed by atoms with Gasteiger partial charge >= 0.3 is 17.9 Å². The second-order valence-electron chi connectivity index (χ2n) is 7.79. The molecule has 4 amide bonds. The summed E-state index contributed by atoms with van der Waals surface area (Å²) in [7, 11) is 0. The van der Waals surface area contributed by atoms with Crippen LogP contribution in [0.15, 0.2) is 0 Å². The molecule has 0 aliphatic carbocycles. The number of amides is 4. The maximum atomic E-state index is 12.8. The number of carbonyl (C=O) groups excluding carboxylic acids is 4. The maximum absolute atomic E-state index is 12.8. The first-order valence-corrected chi connectivity index (χ1v) is 10.4. The Kier molecular flexibility index (Phi) is 10.9. The second-order valence-corrected chi connectivity index (χ2v) is 7.79. The fraction of sp³-hybridized carbons (Fsp3) is 0.632. The summed E-state index contributed by atoms with van der Waals surface area (Å²) in [5.74, 6) is -7.60. The lowest BCUT2D eigenvalue weighted by molar-refractivity contribution is -0.150. The van der Waals surface area contributed by atoms with Gasteiger partial charge < -0.3 is 42.3 Å². The minimum Gasteiger partial charge on any atom is -0.481 e. The van der Waals surface area contributed by atoms with Crippen molar-refractivity contribution in [2.75, 3.05) is 6.54 Å². The van der Waals surface area contributed by atoms with Crippen molar-refractivity contribution in [1.82, 2.24) is 15.5 Å². The third-order valence-electron chi connectivity index (χ3n) is 5.13. The number of likely N-dealkylation sites (tertiary alicyclic amines) is 1. The molecule has 1 aliphatic heterocycles. The summed E-state index contributed by atoms with van der Waals surface area (Å²) >= 11 is 0. The minimum absolute atomic E-state index is 0.0513. The van der Waals surface area contributed by atoms with Gasteiger partial charge in [-0.2, -0.15) is 0 Å². The number of nitrogens with two attached hydrogens (primary N) is 2. The lowest BCUT2D eigenvalue weighted by Gasteiger charge is -2.28. The van der Waals surface area contributed by atoms with E-state index >= 15 is 0 Å². The van der Waals surface area contributed by atoms with E-state index in [-0.39, 0.29) is 25.8 Å². The van der Waals surface area contributed by atoms with Crippen molar-refractivity contribution in [1.29, 1.82) is 0 Å². The van der Waals surface area contributed by atoms with E-state index in [9.17, 15) is 38.7 Å². The molecule has 1 saturated heterocycles. The van der Waals surface area contributed by atoms with Gasteiger partial charge in [-0.3, -0.25) is 28.8 Å². The molecule has 34 heavy (non-hydrogen) atoms. The summed E-state index contributed by atoms with van der Waals surface area (Å²) in [6.45, 7) is 0.0513. The molecule has 0 spiro atoms. The number of aliphatic carboxylic acids is 3. The molecule has 0 radical (unpaired) electrons. The number of carboxylic acid groups (broad SMARTS) is 3. The zero-order valence-corrected chi connectivity index (χ0v) is 18.3. The number of hydrogen-bond acceptors (Lipinski definition) is 8. The van der Waals surface area contributed by atoms with E-state index in [1.165, 1.54) is 0 Å². The molecule has 1 aliphatic rings. The van der Waals surface area contributed by atoms with Crippen LogP contribution in [0.25, 0.3) is 0 Å². The third kappa shape index (κ3) is 9.01. The van der Waals surface area contributed by atoms with Crippen molar-refractivity contribution in [3.8, 4) is 0 Å². The Labute approximate surface area is 193 Å². The predicted octanol–water partition coefficient (Wildman–Crippen LogP) is -3.04. The third-order valence-corrected chi connectivity index (χ3v) is 5.13. The van der Waals surface area contributed by atoms with E-state index in [0.29, 0.717) is 6.42 Å². The number of hydrogen-bond donors (Lipinski definition) is 7. The predicted molar refractivity (Wildman–Crippen MR) is 112 cm³/mol. The zero-order valence-electron chi connectivity index (χ0n) is 18.3. The van der Waals surface area contributed by atoms with Gasteiger partial charge in [-0.1, -0.05) is 0 Å². The van der Waals surface area contributed by atoms with Crippen LogP contribution in [0.3, 0.4) is 0 Å². The molecule has 1 rings (SSSR count). The Morgan fingerprint density at radius 1 is 0.882 bits per heavy atom. The van der Waals surface area contributed by atoms with Crippen LogP contribution in [-0.2, 0) is 33.6 Å². The van der Waals surface area contributed by atoms with E-state index in [4.69, 9.17) is 21.7 Å². The first-order valence-electron chi connectivity index (χ1n) is 10.4. The minimum atomic E-state index is -1.65. The highest BCUT2D eigenvalue weighted by Crippen LogP contribution is 2.19. The SMILES string of the molecule is NC(=O)CCC(N)C(=O)NC(CCC(=O)O)C(=O)NC(CC(=O)O)C(=O)N1CCCC1C(=O)O. The molecule has 0 bridgehead atoms. The summed E-state index contributed by atoms with van der Waals surface area (Å²) in [6.07, 6.45) is -1.65. The van der Waals surface area contributed by atoms with Crippen molar-refractivity contribution in [2.24, 2.45) is 11.5 Å². The van der Waals surface area contributed by atoms with Crippen molar-refractivity contribution in [3.05, 3.63) is 0 Å². The molecule has 190 valence electrons. The van der Waals surface area contributed by atoms with Crippen molar-refractivity contribution in [3.63, 3.8) is 0 Å². The molecule has 4 atom stereocenters. The molecule has 1 fully saturated rings. The summed E-state index contributed by atoms with van der Waals surface area (Å²) in [5.41, 5.74) is 10.6. The highest BCUT2D eigenvalue weighted by atomic mass is 16.4. The first-order chi connectivity index (χ1) is 15.8. The lowest BCUT2D eigenvalue weighted by Crippen LogP contribution is -2.57. The average Bonchev–Trinajstić information content (AvgIpc) is 3.23. The normalized spacial score (nSPS) is 17.8. The number of rotatable bonds is 14. The van der Waals surface area contributed by atoms with E-state index in [0.717, 1.165) is 4.90 Å². The monoisotopic (exact) mass is 487 g/mol. The van der Waals surface area contributed by atoms with Crippen LogP contribution in [0, 0.1) is 0 Å². The lowest BCUT2D eigenvalue weighted by atomic mass is 10.1. The van der Waals surface area contributed by atoms with Crippen molar-refractivity contribution < 1.29 is 48.9 Å². The van der Waals surface area contributed by atoms with Crippen LogP contribution in [0.5, 0.6) is 0 Å². The first kappa shape index (κ1) is 28.3. The van der Waals surface area contributed by atoms with Gasteiger partial charge in [0, 0.05) is 19.4 Å². The molecular formula is C19H29N5O10. The molecule has 15 heteroatoms. The van der Waals surface area contributed by atoms with Gasteiger partial charge in [0.05, 0.1) is 12.5 Å². The molecular weight excluding hydrogens is 458 g/mol. The van der Waals surface area contributed by atoms with Gasteiger partial charge in [0.25, 0.3) is 0 Å². The highest BCUT2D eigenvalue weighted by molar-refractivity contribution is 5.96. The Balaban J connectivity index is 3.00. The molecule has 15 nitrogen and oxygen atoms in total. The largest absolute Gasteiger partial charge is 0.481 e. The Morgan fingerprint density at radius 3 is 2.03 bits per heavy atom. The van der Waals surface area contributed by atoms with Crippen LogP contribution < -0.4 is 22.1 Å². The average molecular weight is 487 g/mol. The topological polar surface area (TPSA) is 260 Å². The van der Waals surface area contributed by atoms with E-state index in [2.05, 4.69) is 10.6 Å². The molecule has 0 aromatic heterocycles. The molecule has 1 heterocycles. The van der Waals surface area contributed by atoms with Gasteiger partial charge in [0.1, 0.15) is 18.1 Å². The van der Waals surface area contributed by atoms with Gasteiger partial charge in [0.15, 0.2) is 0 Å².